The summed E-state index contributed by atoms with van der Waals surface area (Å²) in [5.74, 6) is -0.737. The molecule has 0 aliphatic carbocycles. The van der Waals surface area contributed by atoms with Gasteiger partial charge in [-0.1, -0.05) is 0 Å². The molecule has 2 heterocycles. The lowest BCUT2D eigenvalue weighted by atomic mass is 9.85. The van der Waals surface area contributed by atoms with Gasteiger partial charge in [0.1, 0.15) is 5.41 Å². The molecule has 92 valence electrons. The van der Waals surface area contributed by atoms with E-state index >= 15 is 0 Å². The zero-order chi connectivity index (χ0) is 11.6. The zero-order valence-corrected chi connectivity index (χ0v) is 9.74. The van der Waals surface area contributed by atoms with Gasteiger partial charge in [-0.2, -0.15) is 0 Å². The van der Waals surface area contributed by atoms with Gasteiger partial charge in [0.25, 0.3) is 0 Å². The standard InChI is InChI=1S/C11H20N2O3/c1-13-4-2-9(3-5-13)12-6-11(10(14)15)7-16-8-11/h9,12H,2-8H2,1H3,(H,14,15). The first-order valence-electron chi connectivity index (χ1n) is 5.85. The van der Waals surface area contributed by atoms with Gasteiger partial charge in [0.05, 0.1) is 13.2 Å². The molecule has 5 heteroatoms. The Morgan fingerprint density at radius 2 is 2.12 bits per heavy atom. The molecule has 0 bridgehead atoms. The molecular weight excluding hydrogens is 208 g/mol. The van der Waals surface area contributed by atoms with Crippen molar-refractivity contribution < 1.29 is 14.6 Å². The lowest BCUT2D eigenvalue weighted by Gasteiger charge is -2.39. The Kier molecular flexibility index (Phi) is 3.47. The van der Waals surface area contributed by atoms with Gasteiger partial charge in [0, 0.05) is 12.6 Å². The van der Waals surface area contributed by atoms with E-state index in [0.29, 0.717) is 25.8 Å². The third kappa shape index (κ3) is 2.36. The molecule has 16 heavy (non-hydrogen) atoms. The highest BCUT2D eigenvalue weighted by atomic mass is 16.5. The molecule has 0 spiro atoms. The minimum atomic E-state index is -0.737. The van der Waals surface area contributed by atoms with Gasteiger partial charge < -0.3 is 20.1 Å². The van der Waals surface area contributed by atoms with Crippen molar-refractivity contribution >= 4 is 5.97 Å². The SMILES string of the molecule is CN1CCC(NCC2(C(=O)O)COC2)CC1. The second kappa shape index (κ2) is 4.69. The van der Waals surface area contributed by atoms with Crippen LogP contribution in [0, 0.1) is 5.41 Å². The van der Waals surface area contributed by atoms with Gasteiger partial charge in [-0.05, 0) is 33.0 Å². The number of hydrogen-bond acceptors (Lipinski definition) is 4. The number of nitrogens with zero attached hydrogens (tertiary/aromatic N) is 1. The van der Waals surface area contributed by atoms with E-state index in [2.05, 4.69) is 17.3 Å². The predicted octanol–water partition coefficient (Wildman–Crippen LogP) is -0.229. The molecule has 2 saturated heterocycles. The van der Waals surface area contributed by atoms with Crippen molar-refractivity contribution in [3.05, 3.63) is 0 Å². The van der Waals surface area contributed by atoms with Crippen molar-refractivity contribution in [2.75, 3.05) is 39.9 Å². The molecule has 0 saturated carbocycles. The van der Waals surface area contributed by atoms with Crippen molar-refractivity contribution in [3.63, 3.8) is 0 Å². The highest BCUT2D eigenvalue weighted by Crippen LogP contribution is 2.27. The fraction of sp³-hybridized carbons (Fsp3) is 0.909. The first-order valence-corrected chi connectivity index (χ1v) is 5.85. The van der Waals surface area contributed by atoms with Crippen LogP contribution in [0.5, 0.6) is 0 Å². The Balaban J connectivity index is 1.76. The van der Waals surface area contributed by atoms with Gasteiger partial charge >= 0.3 is 5.97 Å². The Hall–Kier alpha value is -0.650. The zero-order valence-electron chi connectivity index (χ0n) is 9.74. The lowest BCUT2D eigenvalue weighted by Crippen LogP contribution is -2.57. The Morgan fingerprint density at radius 3 is 2.56 bits per heavy atom. The summed E-state index contributed by atoms with van der Waals surface area (Å²) in [5.41, 5.74) is -0.663. The topological polar surface area (TPSA) is 61.8 Å². The van der Waals surface area contributed by atoms with E-state index in [0.717, 1.165) is 25.9 Å². The number of ether oxygens (including phenoxy) is 1. The molecular formula is C11H20N2O3. The number of rotatable bonds is 4. The van der Waals surface area contributed by atoms with E-state index in [9.17, 15) is 4.79 Å². The summed E-state index contributed by atoms with van der Waals surface area (Å²) in [7, 11) is 2.12. The molecule has 2 aliphatic heterocycles. The van der Waals surface area contributed by atoms with Crippen LogP contribution in [0.1, 0.15) is 12.8 Å². The van der Waals surface area contributed by atoms with E-state index in [4.69, 9.17) is 9.84 Å². The maximum atomic E-state index is 11.1. The second-order valence-electron chi connectivity index (χ2n) is 5.04. The predicted molar refractivity (Wildman–Crippen MR) is 59.4 cm³/mol. The summed E-state index contributed by atoms with van der Waals surface area (Å²) in [6.45, 7) is 3.42. The van der Waals surface area contributed by atoms with Crippen molar-refractivity contribution in [2.24, 2.45) is 5.41 Å². The van der Waals surface area contributed by atoms with E-state index < -0.39 is 11.4 Å². The number of carbonyl (C=O) groups is 1. The summed E-state index contributed by atoms with van der Waals surface area (Å²) in [6, 6.07) is 0.466. The molecule has 2 aliphatic rings. The maximum Gasteiger partial charge on any atom is 0.315 e. The van der Waals surface area contributed by atoms with Gasteiger partial charge in [-0.15, -0.1) is 0 Å². The van der Waals surface area contributed by atoms with Crippen LogP contribution in [-0.2, 0) is 9.53 Å². The fourth-order valence-electron chi connectivity index (χ4n) is 2.20. The van der Waals surface area contributed by atoms with Crippen LogP contribution in [0.25, 0.3) is 0 Å². The van der Waals surface area contributed by atoms with Gasteiger partial charge in [0.2, 0.25) is 0 Å². The maximum absolute atomic E-state index is 11.1. The molecule has 0 atom stereocenters. The van der Waals surface area contributed by atoms with Crippen LogP contribution < -0.4 is 5.32 Å². The average molecular weight is 228 g/mol. The minimum absolute atomic E-state index is 0.349. The Morgan fingerprint density at radius 1 is 1.50 bits per heavy atom. The lowest BCUT2D eigenvalue weighted by molar-refractivity contribution is -0.178. The molecule has 2 fully saturated rings. The average Bonchev–Trinajstić information content (AvgIpc) is 2.18. The molecule has 2 N–H and O–H groups in total. The van der Waals surface area contributed by atoms with E-state index in [-0.39, 0.29) is 0 Å². The number of aliphatic carboxylic acids is 1. The number of nitrogens with one attached hydrogen (secondary N) is 1. The molecule has 0 aromatic rings. The molecule has 0 aromatic carbocycles. The summed E-state index contributed by atoms with van der Waals surface area (Å²) < 4.78 is 5.03. The van der Waals surface area contributed by atoms with Crippen LogP contribution in [-0.4, -0.2) is 61.9 Å². The smallest absolute Gasteiger partial charge is 0.315 e. The molecule has 0 aromatic heterocycles. The van der Waals surface area contributed by atoms with Crippen molar-refractivity contribution in [2.45, 2.75) is 18.9 Å². The minimum Gasteiger partial charge on any atom is -0.481 e. The van der Waals surface area contributed by atoms with Crippen molar-refractivity contribution in [1.29, 1.82) is 0 Å². The number of likely N-dealkylation sites (tertiary alicyclic amines) is 1. The molecule has 0 unspecified atom stereocenters. The Labute approximate surface area is 95.8 Å². The third-order valence-electron chi connectivity index (χ3n) is 3.66. The van der Waals surface area contributed by atoms with E-state index in [1.165, 1.54) is 0 Å². The van der Waals surface area contributed by atoms with Crippen molar-refractivity contribution in [1.82, 2.24) is 10.2 Å². The molecule has 5 nitrogen and oxygen atoms in total. The van der Waals surface area contributed by atoms with Crippen LogP contribution in [0.15, 0.2) is 0 Å². The number of hydrogen-bond donors (Lipinski definition) is 2. The highest BCUT2D eigenvalue weighted by Gasteiger charge is 2.46. The number of carboxylic acids is 1. The van der Waals surface area contributed by atoms with Crippen LogP contribution in [0.4, 0.5) is 0 Å². The molecule has 0 amide bonds. The van der Waals surface area contributed by atoms with E-state index in [1.54, 1.807) is 0 Å². The van der Waals surface area contributed by atoms with Gasteiger partial charge in [0.15, 0.2) is 0 Å². The summed E-state index contributed by atoms with van der Waals surface area (Å²) >= 11 is 0. The van der Waals surface area contributed by atoms with Crippen molar-refractivity contribution in [3.8, 4) is 0 Å². The normalized spacial score (nSPS) is 26.3. The van der Waals surface area contributed by atoms with Crippen LogP contribution >= 0.6 is 0 Å². The largest absolute Gasteiger partial charge is 0.481 e. The first kappa shape index (κ1) is 11.8. The van der Waals surface area contributed by atoms with Crippen LogP contribution in [0.2, 0.25) is 0 Å². The number of carboxylic acid groups (broad SMARTS) is 1. The summed E-state index contributed by atoms with van der Waals surface area (Å²) in [6.07, 6.45) is 2.21. The second-order valence-corrected chi connectivity index (χ2v) is 5.04. The summed E-state index contributed by atoms with van der Waals surface area (Å²) in [4.78, 5) is 13.4. The van der Waals surface area contributed by atoms with E-state index in [1.807, 2.05) is 0 Å². The monoisotopic (exact) mass is 228 g/mol. The third-order valence-corrected chi connectivity index (χ3v) is 3.66. The Bertz CT molecular complexity index is 258. The molecule has 0 radical (unpaired) electrons. The van der Waals surface area contributed by atoms with Gasteiger partial charge in [-0.3, -0.25) is 4.79 Å². The first-order chi connectivity index (χ1) is 7.62. The van der Waals surface area contributed by atoms with Gasteiger partial charge in [-0.25, -0.2) is 0 Å². The number of piperidine rings is 1. The summed E-state index contributed by atoms with van der Waals surface area (Å²) in [5, 5.41) is 12.5. The molecule has 2 rings (SSSR count). The quantitative estimate of drug-likeness (QED) is 0.696. The fourth-order valence-corrected chi connectivity index (χ4v) is 2.20. The highest BCUT2D eigenvalue weighted by molar-refractivity contribution is 5.76. The van der Waals surface area contributed by atoms with Crippen LogP contribution in [0.3, 0.4) is 0 Å².